The Morgan fingerprint density at radius 1 is 1.10 bits per heavy atom. The van der Waals surface area contributed by atoms with Crippen LogP contribution in [0.15, 0.2) is 47.4 Å². The molecule has 0 atom stereocenters. The highest BCUT2D eigenvalue weighted by molar-refractivity contribution is 7.90. The largest absolute Gasteiger partial charge is 0.381 e. The lowest BCUT2D eigenvalue weighted by atomic mass is 10.2. The maximum Gasteiger partial charge on any atom is 0.175 e. The average molecular weight is 310 g/mol. The van der Waals surface area contributed by atoms with Gasteiger partial charge < -0.3 is 5.32 Å². The number of halogens is 1. The summed E-state index contributed by atoms with van der Waals surface area (Å²) < 4.78 is 23.6. The number of para-hydroxylation sites is 1. The molecule has 0 bridgehead atoms. The second-order valence-corrected chi connectivity index (χ2v) is 7.05. The minimum absolute atomic E-state index is 0.270. The Balaban J connectivity index is 2.33. The third-order valence-corrected chi connectivity index (χ3v) is 4.61. The first kappa shape index (κ1) is 14.9. The van der Waals surface area contributed by atoms with Crippen LogP contribution in [0.1, 0.15) is 11.1 Å². The molecule has 0 aliphatic carbocycles. The number of hydrogen-bond donors (Lipinski definition) is 1. The molecule has 2 aromatic rings. The van der Waals surface area contributed by atoms with Crippen LogP contribution in [0, 0.1) is 6.92 Å². The minimum Gasteiger partial charge on any atom is -0.381 e. The summed E-state index contributed by atoms with van der Waals surface area (Å²) >= 11 is 6.14. The van der Waals surface area contributed by atoms with E-state index < -0.39 is 9.84 Å². The lowest BCUT2D eigenvalue weighted by molar-refractivity contribution is 0.601. The van der Waals surface area contributed by atoms with Crippen molar-refractivity contribution in [2.45, 2.75) is 18.4 Å². The van der Waals surface area contributed by atoms with Crippen molar-refractivity contribution in [2.24, 2.45) is 0 Å². The number of sulfone groups is 1. The van der Waals surface area contributed by atoms with Gasteiger partial charge >= 0.3 is 0 Å². The van der Waals surface area contributed by atoms with Gasteiger partial charge in [-0.05, 0) is 30.7 Å². The maximum atomic E-state index is 11.8. The van der Waals surface area contributed by atoms with Crippen LogP contribution in [0.2, 0.25) is 5.02 Å². The molecule has 20 heavy (non-hydrogen) atoms. The standard InChI is InChI=1S/C15H16ClNO2S/c1-11-6-3-4-8-14(11)17-10-12-13(16)7-5-9-15(12)20(2,18)19/h3-9,17H,10H2,1-2H3. The Morgan fingerprint density at radius 3 is 2.45 bits per heavy atom. The van der Waals surface area contributed by atoms with Crippen molar-refractivity contribution in [3.8, 4) is 0 Å². The van der Waals surface area contributed by atoms with E-state index in [-0.39, 0.29) is 4.90 Å². The molecule has 2 rings (SSSR count). The second kappa shape index (κ2) is 5.85. The van der Waals surface area contributed by atoms with E-state index in [0.29, 0.717) is 17.1 Å². The molecule has 0 aromatic heterocycles. The molecule has 0 fully saturated rings. The predicted molar refractivity (Wildman–Crippen MR) is 83.1 cm³/mol. The van der Waals surface area contributed by atoms with Crippen LogP contribution < -0.4 is 5.32 Å². The van der Waals surface area contributed by atoms with Crippen molar-refractivity contribution in [2.75, 3.05) is 11.6 Å². The molecule has 2 aromatic carbocycles. The molecule has 0 heterocycles. The molecule has 106 valence electrons. The zero-order valence-electron chi connectivity index (χ0n) is 11.4. The SMILES string of the molecule is Cc1ccccc1NCc1c(Cl)cccc1S(C)(=O)=O. The van der Waals surface area contributed by atoms with Crippen molar-refractivity contribution < 1.29 is 8.42 Å². The van der Waals surface area contributed by atoms with Crippen molar-refractivity contribution in [1.29, 1.82) is 0 Å². The van der Waals surface area contributed by atoms with Crippen LogP contribution in [0.4, 0.5) is 5.69 Å². The average Bonchev–Trinajstić information content (AvgIpc) is 2.37. The first-order valence-electron chi connectivity index (χ1n) is 6.16. The van der Waals surface area contributed by atoms with Crippen LogP contribution in [0.3, 0.4) is 0 Å². The van der Waals surface area contributed by atoms with Gasteiger partial charge in [0.1, 0.15) is 0 Å². The Morgan fingerprint density at radius 2 is 1.80 bits per heavy atom. The first-order valence-corrected chi connectivity index (χ1v) is 8.43. The summed E-state index contributed by atoms with van der Waals surface area (Å²) in [6.45, 7) is 2.36. The number of hydrogen-bond acceptors (Lipinski definition) is 3. The van der Waals surface area contributed by atoms with E-state index in [1.807, 2.05) is 31.2 Å². The predicted octanol–water partition coefficient (Wildman–Crippen LogP) is 3.66. The molecule has 0 aliphatic heterocycles. The van der Waals surface area contributed by atoms with Gasteiger partial charge in [-0.15, -0.1) is 0 Å². The normalized spacial score (nSPS) is 11.3. The van der Waals surface area contributed by atoms with E-state index in [1.54, 1.807) is 18.2 Å². The Kier molecular flexibility index (Phi) is 4.35. The molecule has 1 N–H and O–H groups in total. The Labute approximate surface area is 124 Å². The molecule has 0 saturated heterocycles. The summed E-state index contributed by atoms with van der Waals surface area (Å²) in [6.07, 6.45) is 1.19. The first-order chi connectivity index (χ1) is 9.39. The number of rotatable bonds is 4. The van der Waals surface area contributed by atoms with Gasteiger partial charge in [0, 0.05) is 29.1 Å². The molecule has 0 saturated carbocycles. The fourth-order valence-electron chi connectivity index (χ4n) is 2.01. The zero-order chi connectivity index (χ0) is 14.8. The maximum absolute atomic E-state index is 11.8. The summed E-state index contributed by atoms with van der Waals surface area (Å²) in [6, 6.07) is 12.8. The summed E-state index contributed by atoms with van der Waals surface area (Å²) in [5, 5.41) is 3.69. The van der Waals surface area contributed by atoms with Gasteiger partial charge in [0.15, 0.2) is 9.84 Å². The van der Waals surface area contributed by atoms with E-state index in [1.165, 1.54) is 6.26 Å². The molecule has 0 amide bonds. The van der Waals surface area contributed by atoms with Gasteiger partial charge in [0.05, 0.1) is 4.90 Å². The van der Waals surface area contributed by atoms with Crippen molar-refractivity contribution in [3.05, 3.63) is 58.6 Å². The molecule has 3 nitrogen and oxygen atoms in total. The fraction of sp³-hybridized carbons (Fsp3) is 0.200. The van der Waals surface area contributed by atoms with E-state index in [0.717, 1.165) is 11.3 Å². The minimum atomic E-state index is -3.29. The van der Waals surface area contributed by atoms with Gasteiger partial charge in [-0.3, -0.25) is 0 Å². The summed E-state index contributed by atoms with van der Waals surface area (Å²) in [4.78, 5) is 0.270. The van der Waals surface area contributed by atoms with Crippen molar-refractivity contribution in [3.63, 3.8) is 0 Å². The zero-order valence-corrected chi connectivity index (χ0v) is 12.9. The van der Waals surface area contributed by atoms with Crippen molar-refractivity contribution >= 4 is 27.1 Å². The molecule has 5 heteroatoms. The van der Waals surface area contributed by atoms with Gasteiger partial charge in [0.2, 0.25) is 0 Å². The van der Waals surface area contributed by atoms with Crippen LogP contribution in [0.5, 0.6) is 0 Å². The monoisotopic (exact) mass is 309 g/mol. The third-order valence-electron chi connectivity index (χ3n) is 3.08. The molecule has 0 aliphatic rings. The second-order valence-electron chi connectivity index (χ2n) is 4.66. The van der Waals surface area contributed by atoms with Crippen LogP contribution in [-0.2, 0) is 16.4 Å². The third kappa shape index (κ3) is 3.32. The molecular weight excluding hydrogens is 294 g/mol. The van der Waals surface area contributed by atoms with E-state index >= 15 is 0 Å². The highest BCUT2D eigenvalue weighted by Gasteiger charge is 2.15. The smallest absolute Gasteiger partial charge is 0.175 e. The quantitative estimate of drug-likeness (QED) is 0.937. The van der Waals surface area contributed by atoms with Gasteiger partial charge in [-0.2, -0.15) is 0 Å². The lowest BCUT2D eigenvalue weighted by Gasteiger charge is -2.13. The van der Waals surface area contributed by atoms with Gasteiger partial charge in [0.25, 0.3) is 0 Å². The molecule has 0 spiro atoms. The van der Waals surface area contributed by atoms with Crippen LogP contribution >= 0.6 is 11.6 Å². The van der Waals surface area contributed by atoms with E-state index in [4.69, 9.17) is 11.6 Å². The highest BCUT2D eigenvalue weighted by Crippen LogP contribution is 2.25. The highest BCUT2D eigenvalue weighted by atomic mass is 35.5. The van der Waals surface area contributed by atoms with E-state index in [2.05, 4.69) is 5.32 Å². The topological polar surface area (TPSA) is 46.2 Å². The number of benzene rings is 2. The van der Waals surface area contributed by atoms with Crippen LogP contribution in [-0.4, -0.2) is 14.7 Å². The van der Waals surface area contributed by atoms with Gasteiger partial charge in [-0.1, -0.05) is 35.9 Å². The molecule has 0 unspecified atom stereocenters. The summed E-state index contributed by atoms with van der Waals surface area (Å²) in [5.41, 5.74) is 2.66. The summed E-state index contributed by atoms with van der Waals surface area (Å²) in [7, 11) is -3.29. The molecular formula is C15H16ClNO2S. The number of nitrogens with one attached hydrogen (secondary N) is 1. The number of anilines is 1. The lowest BCUT2D eigenvalue weighted by Crippen LogP contribution is -2.08. The van der Waals surface area contributed by atoms with Crippen LogP contribution in [0.25, 0.3) is 0 Å². The van der Waals surface area contributed by atoms with E-state index in [9.17, 15) is 8.42 Å². The fourth-order valence-corrected chi connectivity index (χ4v) is 3.27. The Bertz CT molecular complexity index is 726. The summed E-state index contributed by atoms with van der Waals surface area (Å²) in [5.74, 6) is 0. The van der Waals surface area contributed by atoms with Crippen molar-refractivity contribution in [1.82, 2.24) is 0 Å². The Hall–Kier alpha value is -1.52. The number of aryl methyl sites for hydroxylation is 1. The molecule has 0 radical (unpaired) electrons. The van der Waals surface area contributed by atoms with Gasteiger partial charge in [-0.25, -0.2) is 8.42 Å².